The summed E-state index contributed by atoms with van der Waals surface area (Å²) in [4.78, 5) is 15.2. The molecule has 0 unspecified atom stereocenters. The van der Waals surface area contributed by atoms with Gasteiger partial charge in [-0.1, -0.05) is 35.4 Å². The van der Waals surface area contributed by atoms with Crippen molar-refractivity contribution in [3.63, 3.8) is 0 Å². The van der Waals surface area contributed by atoms with Gasteiger partial charge in [-0.25, -0.2) is 4.98 Å². The van der Waals surface area contributed by atoms with E-state index >= 15 is 0 Å². The molecular formula is C20H22F2N8O5. The number of alkyl halides is 2. The molecule has 13 nitrogen and oxygen atoms in total. The van der Waals surface area contributed by atoms with Crippen molar-refractivity contribution in [3.8, 4) is 5.88 Å². The monoisotopic (exact) mass is 492 g/mol. The number of azide groups is 1. The third kappa shape index (κ3) is 5.23. The Hall–Kier alpha value is -3.62. The maximum atomic E-state index is 14.3. The van der Waals surface area contributed by atoms with Gasteiger partial charge in [0.1, 0.15) is 19.3 Å². The number of ether oxygens (including phenoxy) is 4. The fourth-order valence-corrected chi connectivity index (χ4v) is 3.74. The van der Waals surface area contributed by atoms with Crippen LogP contribution < -0.4 is 10.5 Å². The smallest absolute Gasteiger partial charge is 0.379 e. The van der Waals surface area contributed by atoms with Crippen LogP contribution in [-0.4, -0.2) is 69.3 Å². The highest BCUT2D eigenvalue weighted by molar-refractivity contribution is 5.77. The molecule has 4 rings (SSSR count). The molecule has 186 valence electrons. The first-order valence-electron chi connectivity index (χ1n) is 10.4. The lowest BCUT2D eigenvalue weighted by Gasteiger charge is -2.27. The Morgan fingerprint density at radius 1 is 1.31 bits per heavy atom. The number of benzene rings is 1. The number of methoxy groups -OCH3 is 1. The number of hydrogen-bond acceptors (Lipinski definition) is 10. The zero-order chi connectivity index (χ0) is 25.0. The Labute approximate surface area is 197 Å². The topological polar surface area (TPSA) is 176 Å². The minimum atomic E-state index is -3.75. The minimum Gasteiger partial charge on any atom is -0.471 e. The van der Waals surface area contributed by atoms with Gasteiger partial charge >= 0.3 is 6.11 Å². The van der Waals surface area contributed by atoms with Crippen molar-refractivity contribution in [3.05, 3.63) is 52.7 Å². The van der Waals surface area contributed by atoms with E-state index in [1.165, 1.54) is 10.9 Å². The van der Waals surface area contributed by atoms with Crippen LogP contribution in [0.3, 0.4) is 0 Å². The highest BCUT2D eigenvalue weighted by atomic mass is 19.3. The van der Waals surface area contributed by atoms with Crippen LogP contribution in [-0.2, 0) is 20.8 Å². The number of halogens is 2. The van der Waals surface area contributed by atoms with Crippen LogP contribution in [0.15, 0.2) is 41.8 Å². The third-order valence-electron chi connectivity index (χ3n) is 5.20. The number of anilines is 1. The average molecular weight is 492 g/mol. The molecule has 1 fully saturated rings. The number of aliphatic hydroxyl groups is 1. The molecule has 0 spiro atoms. The summed E-state index contributed by atoms with van der Waals surface area (Å²) in [5, 5.41) is 13.2. The summed E-state index contributed by atoms with van der Waals surface area (Å²) in [7, 11) is 1.08. The third-order valence-corrected chi connectivity index (χ3v) is 5.20. The second kappa shape index (κ2) is 10.3. The number of aliphatic hydroxyl groups excluding tert-OH is 1. The number of fused-ring (bicyclic) bond motifs is 1. The van der Waals surface area contributed by atoms with Crippen LogP contribution in [0, 0.1) is 0 Å². The Morgan fingerprint density at radius 2 is 2.09 bits per heavy atom. The molecule has 1 aromatic carbocycles. The van der Waals surface area contributed by atoms with Crippen LogP contribution in [0.4, 0.5) is 14.7 Å². The number of hydrogen-bond donors (Lipinski definition) is 2. The Morgan fingerprint density at radius 3 is 2.77 bits per heavy atom. The lowest BCUT2D eigenvalue weighted by molar-refractivity contribution is -0.293. The largest absolute Gasteiger partial charge is 0.471 e. The Kier molecular flexibility index (Phi) is 7.23. The summed E-state index contributed by atoms with van der Waals surface area (Å²) in [6.45, 7) is -1.51. The zero-order valence-corrected chi connectivity index (χ0v) is 18.4. The van der Waals surface area contributed by atoms with E-state index in [9.17, 15) is 13.9 Å². The maximum absolute atomic E-state index is 14.3. The lowest BCUT2D eigenvalue weighted by Crippen LogP contribution is -2.41. The van der Waals surface area contributed by atoms with Crippen molar-refractivity contribution in [2.45, 2.75) is 37.2 Å². The summed E-state index contributed by atoms with van der Waals surface area (Å²) in [5.41, 5.74) is 16.0. The van der Waals surface area contributed by atoms with E-state index < -0.39 is 43.8 Å². The van der Waals surface area contributed by atoms with Crippen LogP contribution in [0.25, 0.3) is 21.6 Å². The maximum Gasteiger partial charge on any atom is 0.379 e. The van der Waals surface area contributed by atoms with Gasteiger partial charge in [0, 0.05) is 12.0 Å². The summed E-state index contributed by atoms with van der Waals surface area (Å²) in [6.07, 6.45) is -6.47. The highest BCUT2D eigenvalue weighted by Gasteiger charge is 2.50. The van der Waals surface area contributed by atoms with Gasteiger partial charge in [0.2, 0.25) is 11.8 Å². The van der Waals surface area contributed by atoms with Crippen LogP contribution in [0.5, 0.6) is 5.88 Å². The molecule has 3 aromatic rings. The van der Waals surface area contributed by atoms with E-state index in [-0.39, 0.29) is 29.6 Å². The predicted octanol–water partition coefficient (Wildman–Crippen LogP) is 2.18. The highest BCUT2D eigenvalue weighted by Crippen LogP contribution is 2.39. The summed E-state index contributed by atoms with van der Waals surface area (Å²) >= 11 is 0. The fraction of sp³-hybridized carbons (Fsp3) is 0.450. The number of nitrogens with two attached hydrogens (primary N) is 1. The van der Waals surface area contributed by atoms with E-state index in [0.717, 1.165) is 12.7 Å². The molecule has 15 heteroatoms. The molecule has 0 bridgehead atoms. The first kappa shape index (κ1) is 24.5. The van der Waals surface area contributed by atoms with Gasteiger partial charge in [-0.2, -0.15) is 18.7 Å². The first-order valence-corrected chi connectivity index (χ1v) is 10.4. The molecule has 0 amide bonds. The number of rotatable bonds is 10. The Bertz CT molecular complexity index is 1210. The number of nitrogens with zero attached hydrogens (tertiary/aromatic N) is 7. The molecule has 0 aliphatic carbocycles. The number of imidazole rings is 1. The summed E-state index contributed by atoms with van der Waals surface area (Å²) in [5.74, 6) is -0.0895. The van der Waals surface area contributed by atoms with Gasteiger partial charge in [-0.3, -0.25) is 4.57 Å². The van der Waals surface area contributed by atoms with Gasteiger partial charge in [-0.05, 0) is 11.1 Å². The molecule has 0 saturated carbocycles. The molecule has 35 heavy (non-hydrogen) atoms. The van der Waals surface area contributed by atoms with Crippen molar-refractivity contribution in [1.29, 1.82) is 0 Å². The van der Waals surface area contributed by atoms with E-state index in [2.05, 4.69) is 29.7 Å². The van der Waals surface area contributed by atoms with Gasteiger partial charge in [0.05, 0.1) is 25.1 Å². The molecular weight excluding hydrogens is 470 g/mol. The minimum absolute atomic E-state index is 0.0700. The average Bonchev–Trinajstić information content (AvgIpc) is 3.39. The summed E-state index contributed by atoms with van der Waals surface area (Å²) in [6, 6.07) is 8.01. The molecule has 0 radical (unpaired) electrons. The molecule has 3 heterocycles. The number of nitrogen functional groups attached to an aromatic ring is 1. The van der Waals surface area contributed by atoms with E-state index in [0.29, 0.717) is 0 Å². The molecule has 1 saturated heterocycles. The van der Waals surface area contributed by atoms with Gasteiger partial charge < -0.3 is 29.8 Å². The van der Waals surface area contributed by atoms with Crippen molar-refractivity contribution in [2.75, 3.05) is 26.1 Å². The molecule has 4 atom stereocenters. The number of aromatic nitrogens is 4. The Balaban J connectivity index is 1.71. The van der Waals surface area contributed by atoms with Gasteiger partial charge in [0.25, 0.3) is 0 Å². The molecule has 1 aliphatic rings. The standard InChI is InChI=1S/C20H22F2N8O5/c1-32-9-20(21,22)35-15-13(28-29-24)12(7-31)34-18(15)30-10-25-14-16(30)26-19(23)27-17(14)33-8-11-5-3-2-4-6-11/h2-6,10,12-13,15,18,31H,7-9H2,1H3,(H2,23,26,27)/t12-,13-,15-,18-/m1/s1. The second-order valence-electron chi connectivity index (χ2n) is 7.58. The van der Waals surface area contributed by atoms with Crippen molar-refractivity contribution < 1.29 is 32.8 Å². The quantitative estimate of drug-likeness (QED) is 0.244. The van der Waals surface area contributed by atoms with E-state index in [1.54, 1.807) is 0 Å². The van der Waals surface area contributed by atoms with Crippen LogP contribution >= 0.6 is 0 Å². The molecule has 1 aliphatic heterocycles. The fourth-order valence-electron chi connectivity index (χ4n) is 3.74. The van der Waals surface area contributed by atoms with Crippen LogP contribution in [0.2, 0.25) is 0 Å². The predicted molar refractivity (Wildman–Crippen MR) is 116 cm³/mol. The van der Waals surface area contributed by atoms with E-state index in [1.807, 2.05) is 30.3 Å². The normalized spacial score (nSPS) is 22.3. The van der Waals surface area contributed by atoms with Gasteiger partial charge in [0.15, 0.2) is 17.4 Å². The van der Waals surface area contributed by atoms with Crippen molar-refractivity contribution in [2.24, 2.45) is 5.11 Å². The van der Waals surface area contributed by atoms with Crippen molar-refractivity contribution in [1.82, 2.24) is 19.5 Å². The van der Waals surface area contributed by atoms with Gasteiger partial charge in [-0.15, -0.1) is 0 Å². The second-order valence-corrected chi connectivity index (χ2v) is 7.58. The summed E-state index contributed by atoms with van der Waals surface area (Å²) < 4.78 is 51.0. The SMILES string of the molecule is COCC(F)(F)O[C@@H]1[C@H](N=[N+]=[N-])[C@@H](CO)O[C@H]1n1cnc2c(OCc3ccccc3)nc(N)nc21. The lowest BCUT2D eigenvalue weighted by atomic mass is 10.1. The van der Waals surface area contributed by atoms with Crippen molar-refractivity contribution >= 4 is 17.1 Å². The molecule has 2 aromatic heterocycles. The van der Waals surface area contributed by atoms with E-state index in [4.69, 9.17) is 25.5 Å². The zero-order valence-electron chi connectivity index (χ0n) is 18.4. The first-order chi connectivity index (χ1) is 16.9. The van der Waals surface area contributed by atoms with Crippen LogP contribution in [0.1, 0.15) is 11.8 Å². The molecule has 3 N–H and O–H groups in total.